The Morgan fingerprint density at radius 2 is 1.32 bits per heavy atom. The lowest BCUT2D eigenvalue weighted by Crippen LogP contribution is -2.61. The predicted molar refractivity (Wildman–Crippen MR) is 227 cm³/mol. The van der Waals surface area contributed by atoms with Gasteiger partial charge in [-0.25, -0.2) is 0 Å². The van der Waals surface area contributed by atoms with Crippen molar-refractivity contribution in [3.8, 4) is 0 Å². The molecule has 0 aromatic carbocycles. The van der Waals surface area contributed by atoms with Gasteiger partial charge in [-0.15, -0.1) is 0 Å². The van der Waals surface area contributed by atoms with E-state index in [4.69, 9.17) is 28.4 Å². The summed E-state index contributed by atoms with van der Waals surface area (Å²) in [5, 5.41) is 129. The number of fused-ring (bicyclic) bond motifs is 2. The molecule has 2 unspecified atom stereocenters. The third-order valence-corrected chi connectivity index (χ3v) is 19.5. The second-order valence-electron chi connectivity index (χ2n) is 23.2. The molecule has 2 spiro atoms. The van der Waals surface area contributed by atoms with Gasteiger partial charge < -0.3 is 89.7 Å². The third-order valence-electron chi connectivity index (χ3n) is 19.5. The number of ether oxygens (including phenoxy) is 6. The van der Waals surface area contributed by atoms with E-state index in [-0.39, 0.29) is 58.5 Å². The molecule has 8 aliphatic rings. The van der Waals surface area contributed by atoms with Crippen molar-refractivity contribution < 1.29 is 89.7 Å². The lowest BCUT2D eigenvalue weighted by Gasteiger charge is -2.63. The van der Waals surface area contributed by atoms with E-state index in [0.717, 1.165) is 38.5 Å². The normalized spacial score (nSPS) is 55.3. The molecule has 0 amide bonds. The SMILES string of the molecule is C[C@H](CC[C@H](O)C(C)(C)O)C1[C@@H](O[C@@H]2O[C@H](CO[C@@H]3O[C@@H](C)[C@H](O)[C@@H](O)[C@H]3O)[C@@H](O)[C@H](O)[C@H]2O)C[C@@]2(C)C3CC[C@H]4[C@@](C)(CO)[C@@H](O[C@@H]5OC[C@H](O)[C@H](O)[C@H]5O)CC[C@@]45C[C@@]35CC[C@]12C. The van der Waals surface area contributed by atoms with E-state index in [9.17, 15) is 61.3 Å². The van der Waals surface area contributed by atoms with Crippen LogP contribution in [0.1, 0.15) is 113 Å². The van der Waals surface area contributed by atoms with Gasteiger partial charge in [-0.2, -0.15) is 0 Å². The van der Waals surface area contributed by atoms with Gasteiger partial charge in [-0.1, -0.05) is 27.7 Å². The smallest absolute Gasteiger partial charge is 0.186 e. The fourth-order valence-corrected chi connectivity index (χ4v) is 15.5. The quantitative estimate of drug-likeness (QED) is 0.103. The summed E-state index contributed by atoms with van der Waals surface area (Å²) in [6, 6.07) is 0. The van der Waals surface area contributed by atoms with Crippen molar-refractivity contribution in [3.05, 3.63) is 0 Å². The summed E-state index contributed by atoms with van der Waals surface area (Å²) in [7, 11) is 0. The fraction of sp³-hybridized carbons (Fsp3) is 1.00. The van der Waals surface area contributed by atoms with E-state index in [2.05, 4.69) is 27.7 Å². The molecule has 5 aliphatic carbocycles. The van der Waals surface area contributed by atoms with Gasteiger partial charge in [0.15, 0.2) is 18.9 Å². The number of rotatable bonds is 13. The summed E-state index contributed by atoms with van der Waals surface area (Å²) in [6.07, 6.45) is -13.9. The molecule has 3 aliphatic heterocycles. The Balaban J connectivity index is 1.04. The van der Waals surface area contributed by atoms with Crippen molar-refractivity contribution in [2.75, 3.05) is 19.8 Å². The van der Waals surface area contributed by atoms with Crippen molar-refractivity contribution in [1.82, 2.24) is 0 Å². The molecule has 0 aromatic rings. The molecule has 3 saturated heterocycles. The first-order chi connectivity index (χ1) is 30.3. The van der Waals surface area contributed by atoms with Gasteiger partial charge in [0.1, 0.15) is 61.0 Å². The Morgan fingerprint density at radius 3 is 2.00 bits per heavy atom. The maximum absolute atomic E-state index is 11.5. The van der Waals surface area contributed by atoms with Crippen molar-refractivity contribution in [2.24, 2.45) is 50.7 Å². The molecule has 0 aromatic heterocycles. The van der Waals surface area contributed by atoms with Crippen molar-refractivity contribution in [1.29, 1.82) is 0 Å². The average molecular weight is 933 g/mol. The van der Waals surface area contributed by atoms with Gasteiger partial charge in [-0.3, -0.25) is 0 Å². The summed E-state index contributed by atoms with van der Waals surface area (Å²) in [4.78, 5) is 0. The minimum absolute atomic E-state index is 0.0248. The standard InChI is InChI=1S/C47H80O18/c1-21(8-11-28(50)42(3,4)59)30-24(63-41-38(58)35(55)33(53)25(64-41)18-61-39-37(57)34(54)31(51)22(2)62-39)16-45(7)27-10-9-26-43(5,20-48)29(65-40-36(56)32(52)23(49)17-60-40)12-13-46(26)19-47(27,46)15-14-44(30,45)6/h21-41,48-59H,8-20H2,1-7H3/t21-,22+,23+,24+,25-,26+,27?,28+,29+,30?,31+,32+,33-,34-,35+,36-,37-,38-,39-,40+,41-,43-,44-,45+,46-,47+/m1/s1. The number of aliphatic hydroxyl groups is 12. The van der Waals surface area contributed by atoms with Crippen LogP contribution >= 0.6 is 0 Å². The second kappa shape index (κ2) is 17.8. The van der Waals surface area contributed by atoms with E-state index in [1.807, 2.05) is 0 Å². The minimum Gasteiger partial charge on any atom is -0.396 e. The van der Waals surface area contributed by atoms with Crippen LogP contribution in [0.2, 0.25) is 0 Å². The van der Waals surface area contributed by atoms with Gasteiger partial charge >= 0.3 is 0 Å². The third kappa shape index (κ3) is 8.01. The zero-order valence-corrected chi connectivity index (χ0v) is 39.1. The Kier molecular flexibility index (Phi) is 13.9. The maximum Gasteiger partial charge on any atom is 0.186 e. The molecule has 8 fully saturated rings. The lowest BCUT2D eigenvalue weighted by atomic mass is 9.41. The molecule has 18 nitrogen and oxygen atoms in total. The van der Waals surface area contributed by atoms with Crippen molar-refractivity contribution in [2.45, 2.75) is 223 Å². The molecular weight excluding hydrogens is 852 g/mol. The summed E-state index contributed by atoms with van der Waals surface area (Å²) in [5.74, 6) is 0.220. The van der Waals surface area contributed by atoms with E-state index in [1.54, 1.807) is 13.8 Å². The highest BCUT2D eigenvalue weighted by molar-refractivity contribution is 5.31. The maximum atomic E-state index is 11.5. The molecule has 376 valence electrons. The molecule has 26 atom stereocenters. The van der Waals surface area contributed by atoms with Gasteiger partial charge in [-0.05, 0) is 130 Å². The van der Waals surface area contributed by atoms with Gasteiger partial charge in [0, 0.05) is 5.41 Å². The monoisotopic (exact) mass is 933 g/mol. The van der Waals surface area contributed by atoms with Crippen LogP contribution in [0.25, 0.3) is 0 Å². The highest BCUT2D eigenvalue weighted by Crippen LogP contribution is 2.89. The zero-order valence-electron chi connectivity index (χ0n) is 39.1. The largest absolute Gasteiger partial charge is 0.396 e. The topological polar surface area (TPSA) is 298 Å². The number of hydrogen-bond donors (Lipinski definition) is 12. The van der Waals surface area contributed by atoms with Crippen LogP contribution in [0, 0.1) is 50.7 Å². The first-order valence-electron chi connectivity index (χ1n) is 24.3. The molecule has 5 saturated carbocycles. The summed E-state index contributed by atoms with van der Waals surface area (Å²) in [6.45, 7) is 12.9. The molecule has 0 radical (unpaired) electrons. The Labute approximate surface area is 382 Å². The van der Waals surface area contributed by atoms with Crippen LogP contribution in [-0.4, -0.2) is 191 Å². The first-order valence-corrected chi connectivity index (χ1v) is 24.3. The molecule has 65 heavy (non-hydrogen) atoms. The van der Waals surface area contributed by atoms with Crippen LogP contribution in [0.4, 0.5) is 0 Å². The predicted octanol–water partition coefficient (Wildman–Crippen LogP) is -0.583. The lowest BCUT2D eigenvalue weighted by molar-refractivity contribution is -0.335. The van der Waals surface area contributed by atoms with Gasteiger partial charge in [0.05, 0.1) is 49.8 Å². The highest BCUT2D eigenvalue weighted by Gasteiger charge is 2.83. The second-order valence-corrected chi connectivity index (χ2v) is 23.2. The molecule has 18 heteroatoms. The van der Waals surface area contributed by atoms with Crippen LogP contribution in [0.15, 0.2) is 0 Å². The molecule has 8 rings (SSSR count). The summed E-state index contributed by atoms with van der Waals surface area (Å²) >= 11 is 0. The van der Waals surface area contributed by atoms with Gasteiger partial charge in [0.25, 0.3) is 0 Å². The van der Waals surface area contributed by atoms with E-state index in [0.29, 0.717) is 25.7 Å². The molecule has 0 bridgehead atoms. The Bertz CT molecular complexity index is 1670. The van der Waals surface area contributed by atoms with Gasteiger partial charge in [0.2, 0.25) is 0 Å². The van der Waals surface area contributed by atoms with E-state index >= 15 is 0 Å². The Hall–Kier alpha value is -0.720. The molecular formula is C47H80O18. The van der Waals surface area contributed by atoms with Crippen LogP contribution < -0.4 is 0 Å². The highest BCUT2D eigenvalue weighted by atomic mass is 16.7. The van der Waals surface area contributed by atoms with Crippen LogP contribution in [0.3, 0.4) is 0 Å². The van der Waals surface area contributed by atoms with Crippen molar-refractivity contribution in [3.63, 3.8) is 0 Å². The fourth-order valence-electron chi connectivity index (χ4n) is 15.5. The van der Waals surface area contributed by atoms with Crippen LogP contribution in [0.5, 0.6) is 0 Å². The summed E-state index contributed by atoms with van der Waals surface area (Å²) < 4.78 is 36.6. The van der Waals surface area contributed by atoms with Crippen molar-refractivity contribution >= 4 is 0 Å². The average Bonchev–Trinajstić information content (AvgIpc) is 3.86. The number of hydrogen-bond acceptors (Lipinski definition) is 18. The number of aliphatic hydroxyl groups excluding tert-OH is 11. The molecule has 3 heterocycles. The first kappa shape index (κ1) is 50.7. The minimum atomic E-state index is -1.69. The van der Waals surface area contributed by atoms with E-state index in [1.165, 1.54) is 6.92 Å². The van der Waals surface area contributed by atoms with Crippen LogP contribution in [-0.2, 0) is 28.4 Å². The summed E-state index contributed by atoms with van der Waals surface area (Å²) in [5.41, 5.74) is -2.66. The zero-order chi connectivity index (χ0) is 47.6. The molecule has 12 N–H and O–H groups in total. The Morgan fingerprint density at radius 1 is 0.692 bits per heavy atom. The van der Waals surface area contributed by atoms with E-state index < -0.39 is 122 Å².